The van der Waals surface area contributed by atoms with Crippen LogP contribution in [-0.2, 0) is 11.2 Å². The van der Waals surface area contributed by atoms with Crippen molar-refractivity contribution in [3.05, 3.63) is 23.8 Å². The van der Waals surface area contributed by atoms with Gasteiger partial charge in [0, 0.05) is 5.56 Å². The number of benzene rings is 1. The average molecular weight is 294 g/mol. The number of hydrogen-bond acceptors (Lipinski definition) is 3. The van der Waals surface area contributed by atoms with Gasteiger partial charge in [-0.2, -0.15) is 0 Å². The first kappa shape index (κ1) is 10.1. The highest BCUT2D eigenvalue weighted by atomic mass is 127. The maximum Gasteiger partial charge on any atom is 0.307 e. The Morgan fingerprint density at radius 1 is 1.54 bits per heavy atom. The molecule has 1 rings (SSSR count). The van der Waals surface area contributed by atoms with Crippen molar-refractivity contribution in [3.8, 4) is 11.5 Å². The Morgan fingerprint density at radius 2 is 2.23 bits per heavy atom. The van der Waals surface area contributed by atoms with Crippen molar-refractivity contribution in [3.63, 3.8) is 0 Å². The minimum absolute atomic E-state index is 0.0356. The number of phenols is 1. The number of halogens is 1. The second kappa shape index (κ2) is 4.31. The maximum absolute atomic E-state index is 10.4. The second-order valence-corrected chi connectivity index (χ2v) is 2.88. The van der Waals surface area contributed by atoms with Gasteiger partial charge >= 0.3 is 5.97 Å². The van der Waals surface area contributed by atoms with Crippen LogP contribution in [0.4, 0.5) is 0 Å². The van der Waals surface area contributed by atoms with Crippen LogP contribution in [0.15, 0.2) is 18.2 Å². The summed E-state index contributed by atoms with van der Waals surface area (Å²) >= 11 is 1.66. The Balaban J connectivity index is 3.01. The van der Waals surface area contributed by atoms with Crippen LogP contribution in [0.2, 0.25) is 0 Å². The van der Waals surface area contributed by atoms with Crippen LogP contribution >= 0.6 is 23.0 Å². The van der Waals surface area contributed by atoms with Crippen molar-refractivity contribution in [2.45, 2.75) is 6.42 Å². The monoisotopic (exact) mass is 294 g/mol. The van der Waals surface area contributed by atoms with Gasteiger partial charge in [-0.3, -0.25) is 4.79 Å². The summed E-state index contributed by atoms with van der Waals surface area (Å²) in [6.45, 7) is 0. The van der Waals surface area contributed by atoms with E-state index in [0.29, 0.717) is 11.3 Å². The smallest absolute Gasteiger partial charge is 0.307 e. The Morgan fingerprint density at radius 3 is 2.77 bits per heavy atom. The van der Waals surface area contributed by atoms with E-state index < -0.39 is 5.97 Å². The Kier molecular flexibility index (Phi) is 3.35. The molecule has 5 heteroatoms. The molecular formula is C8H7IO4. The van der Waals surface area contributed by atoms with E-state index in [9.17, 15) is 4.79 Å². The van der Waals surface area contributed by atoms with Crippen molar-refractivity contribution in [1.29, 1.82) is 0 Å². The van der Waals surface area contributed by atoms with Gasteiger partial charge in [-0.15, -0.1) is 0 Å². The summed E-state index contributed by atoms with van der Waals surface area (Å²) in [7, 11) is 0. The lowest BCUT2D eigenvalue weighted by Gasteiger charge is -2.04. The molecule has 13 heavy (non-hydrogen) atoms. The number of aromatic hydroxyl groups is 1. The number of aliphatic carboxylic acids is 1. The van der Waals surface area contributed by atoms with Gasteiger partial charge in [-0.1, -0.05) is 0 Å². The van der Waals surface area contributed by atoms with Crippen molar-refractivity contribution in [2.75, 3.05) is 0 Å². The van der Waals surface area contributed by atoms with E-state index in [2.05, 4.69) is 0 Å². The molecule has 0 heterocycles. The molecule has 0 saturated carbocycles. The number of carbonyl (C=O) groups is 1. The first-order chi connectivity index (χ1) is 6.13. The quantitative estimate of drug-likeness (QED) is 0.833. The fourth-order valence-electron chi connectivity index (χ4n) is 0.942. The molecule has 0 radical (unpaired) electrons. The van der Waals surface area contributed by atoms with Gasteiger partial charge in [0.2, 0.25) is 0 Å². The van der Waals surface area contributed by atoms with E-state index >= 15 is 0 Å². The van der Waals surface area contributed by atoms with Crippen LogP contribution in [0, 0.1) is 0 Å². The molecule has 0 aliphatic rings. The third kappa shape index (κ3) is 2.76. The van der Waals surface area contributed by atoms with E-state index in [1.54, 1.807) is 23.0 Å². The molecule has 0 saturated heterocycles. The average Bonchev–Trinajstić information content (AvgIpc) is 2.03. The number of hydrogen-bond donors (Lipinski definition) is 2. The zero-order valence-corrected chi connectivity index (χ0v) is 8.69. The van der Waals surface area contributed by atoms with Gasteiger partial charge in [0.05, 0.1) is 6.42 Å². The van der Waals surface area contributed by atoms with Crippen molar-refractivity contribution < 1.29 is 18.1 Å². The lowest BCUT2D eigenvalue weighted by molar-refractivity contribution is -0.136. The molecule has 1 aromatic carbocycles. The Labute approximate surface area is 88.8 Å². The highest BCUT2D eigenvalue weighted by molar-refractivity contribution is 14.1. The molecule has 2 N–H and O–H groups in total. The molecule has 4 nitrogen and oxygen atoms in total. The number of phenolic OH excluding ortho intramolecular Hbond substituents is 1. The van der Waals surface area contributed by atoms with E-state index in [1.807, 2.05) is 0 Å². The Bertz CT molecular complexity index is 324. The number of rotatable bonds is 3. The van der Waals surface area contributed by atoms with Gasteiger partial charge in [0.25, 0.3) is 0 Å². The van der Waals surface area contributed by atoms with E-state index in [0.717, 1.165) is 0 Å². The second-order valence-electron chi connectivity index (χ2n) is 2.44. The number of carboxylic acids is 1. The fraction of sp³-hybridized carbons (Fsp3) is 0.125. The minimum Gasteiger partial charge on any atom is -0.508 e. The molecule has 0 bridgehead atoms. The van der Waals surface area contributed by atoms with E-state index in [1.165, 1.54) is 18.2 Å². The summed E-state index contributed by atoms with van der Waals surface area (Å²) in [4.78, 5) is 10.4. The third-order valence-electron chi connectivity index (χ3n) is 1.47. The van der Waals surface area contributed by atoms with Gasteiger partial charge in [-0.05, 0) is 18.2 Å². The normalized spacial score (nSPS) is 9.62. The first-order valence-corrected chi connectivity index (χ1v) is 4.34. The summed E-state index contributed by atoms with van der Waals surface area (Å²) in [5, 5.41) is 17.6. The predicted octanol–water partition coefficient (Wildman–Crippen LogP) is 1.75. The maximum atomic E-state index is 10.4. The van der Waals surface area contributed by atoms with Crippen LogP contribution in [-0.4, -0.2) is 16.2 Å². The van der Waals surface area contributed by atoms with E-state index in [4.69, 9.17) is 13.3 Å². The Hall–Kier alpha value is -0.980. The van der Waals surface area contributed by atoms with Gasteiger partial charge in [0.15, 0.2) is 23.0 Å². The largest absolute Gasteiger partial charge is 0.508 e. The molecule has 0 unspecified atom stereocenters. The zero-order valence-electron chi connectivity index (χ0n) is 6.53. The summed E-state index contributed by atoms with van der Waals surface area (Å²) in [5.74, 6) is -0.463. The topological polar surface area (TPSA) is 66.8 Å². The highest BCUT2D eigenvalue weighted by Crippen LogP contribution is 2.25. The van der Waals surface area contributed by atoms with Crippen molar-refractivity contribution in [2.24, 2.45) is 0 Å². The van der Waals surface area contributed by atoms with Crippen molar-refractivity contribution in [1.82, 2.24) is 0 Å². The summed E-state index contributed by atoms with van der Waals surface area (Å²) in [6, 6.07) is 4.35. The first-order valence-electron chi connectivity index (χ1n) is 3.45. The summed E-state index contributed by atoms with van der Waals surface area (Å²) in [5.41, 5.74) is 0.460. The third-order valence-corrected chi connectivity index (χ3v) is 1.94. The predicted molar refractivity (Wildman–Crippen MR) is 54.1 cm³/mol. The van der Waals surface area contributed by atoms with Crippen LogP contribution in [0.5, 0.6) is 11.5 Å². The zero-order chi connectivity index (χ0) is 9.84. The van der Waals surface area contributed by atoms with Gasteiger partial charge in [-0.25, -0.2) is 0 Å². The molecule has 70 valence electrons. The molecule has 0 fully saturated rings. The molecule has 0 spiro atoms. The lowest BCUT2D eigenvalue weighted by atomic mass is 10.1. The highest BCUT2D eigenvalue weighted by Gasteiger charge is 2.08. The molecule has 0 aliphatic heterocycles. The van der Waals surface area contributed by atoms with Crippen LogP contribution in [0.3, 0.4) is 0 Å². The molecule has 0 aromatic heterocycles. The molecule has 0 aliphatic carbocycles. The SMILES string of the molecule is O=C(O)Cc1cc(O)ccc1OI. The fourth-order valence-corrected chi connectivity index (χ4v) is 1.37. The van der Waals surface area contributed by atoms with Gasteiger partial charge < -0.3 is 13.3 Å². The molecule has 0 atom stereocenters. The van der Waals surface area contributed by atoms with Crippen LogP contribution in [0.1, 0.15) is 5.56 Å². The summed E-state index contributed by atoms with van der Waals surface area (Å²) < 4.78 is 4.90. The lowest BCUT2D eigenvalue weighted by Crippen LogP contribution is -2.00. The van der Waals surface area contributed by atoms with Crippen LogP contribution in [0.25, 0.3) is 0 Å². The molecular weight excluding hydrogens is 287 g/mol. The van der Waals surface area contributed by atoms with Gasteiger partial charge in [0.1, 0.15) is 11.5 Å². The van der Waals surface area contributed by atoms with E-state index in [-0.39, 0.29) is 12.2 Å². The minimum atomic E-state index is -0.958. The molecule has 1 aromatic rings. The summed E-state index contributed by atoms with van der Waals surface area (Å²) in [6.07, 6.45) is -0.160. The number of carboxylic acid groups (broad SMARTS) is 1. The molecule has 0 amide bonds. The van der Waals surface area contributed by atoms with Crippen LogP contribution < -0.4 is 3.07 Å². The standard InChI is InChI=1S/C8H7IO4/c9-13-7-2-1-6(10)3-5(7)4-8(11)12/h1-3,10H,4H2,(H,11,12). The van der Waals surface area contributed by atoms with Crippen molar-refractivity contribution >= 4 is 29.0 Å².